The van der Waals surface area contributed by atoms with Crippen LogP contribution in [-0.2, 0) is 10.2 Å². The molecule has 2 rings (SSSR count). The van der Waals surface area contributed by atoms with Crippen LogP contribution in [0.25, 0.3) is 0 Å². The molecular formula is C12H18N2O2S. The molecule has 1 aliphatic heterocycles. The lowest BCUT2D eigenvalue weighted by Gasteiger charge is -2.22. The van der Waals surface area contributed by atoms with E-state index in [1.54, 1.807) is 0 Å². The van der Waals surface area contributed by atoms with Gasteiger partial charge in [0.25, 0.3) is 0 Å². The molecule has 1 aromatic heterocycles. The minimum absolute atomic E-state index is 0.113. The topological polar surface area (TPSA) is 55.2 Å². The van der Waals surface area contributed by atoms with Crippen LogP contribution in [0.5, 0.6) is 0 Å². The number of rotatable bonds is 2. The largest absolute Gasteiger partial charge is 0.495 e. The Kier molecular flexibility index (Phi) is 3.49. The van der Waals surface area contributed by atoms with Crippen LogP contribution >= 0.6 is 11.5 Å². The Bertz CT molecular complexity index is 420. The lowest BCUT2D eigenvalue weighted by atomic mass is 9.90. The van der Waals surface area contributed by atoms with Crippen molar-refractivity contribution in [3.8, 4) is 0 Å². The summed E-state index contributed by atoms with van der Waals surface area (Å²) in [4.78, 5) is 0.797. The highest BCUT2D eigenvalue weighted by atomic mass is 32.1. The summed E-state index contributed by atoms with van der Waals surface area (Å²) in [6.07, 6.45) is 3.22. The Morgan fingerprint density at radius 2 is 2.24 bits per heavy atom. The number of hydrogen-bond acceptors (Lipinski definition) is 5. The fourth-order valence-electron chi connectivity index (χ4n) is 1.79. The van der Waals surface area contributed by atoms with E-state index >= 15 is 0 Å². The summed E-state index contributed by atoms with van der Waals surface area (Å²) in [7, 11) is 0. The van der Waals surface area contributed by atoms with Crippen LogP contribution in [0.3, 0.4) is 0 Å². The third-order valence-electron chi connectivity index (χ3n) is 2.70. The molecule has 1 unspecified atom stereocenters. The summed E-state index contributed by atoms with van der Waals surface area (Å²) < 4.78 is 9.45. The van der Waals surface area contributed by atoms with Gasteiger partial charge in [-0.05, 0) is 30.5 Å². The first kappa shape index (κ1) is 12.5. The molecular weight excluding hydrogens is 236 g/mol. The zero-order chi connectivity index (χ0) is 12.5. The van der Waals surface area contributed by atoms with Gasteiger partial charge in [0.2, 0.25) is 0 Å². The Balaban J connectivity index is 2.28. The predicted octanol–water partition coefficient (Wildman–Crippen LogP) is 2.56. The van der Waals surface area contributed by atoms with Crippen molar-refractivity contribution in [1.29, 1.82) is 0 Å². The van der Waals surface area contributed by atoms with E-state index < -0.39 is 6.10 Å². The van der Waals surface area contributed by atoms with E-state index in [1.807, 2.05) is 6.08 Å². The Labute approximate surface area is 105 Å². The van der Waals surface area contributed by atoms with E-state index in [2.05, 4.69) is 30.4 Å². The van der Waals surface area contributed by atoms with E-state index in [0.29, 0.717) is 12.4 Å². The van der Waals surface area contributed by atoms with E-state index in [0.717, 1.165) is 23.4 Å². The third kappa shape index (κ3) is 2.66. The molecule has 0 spiro atoms. The smallest absolute Gasteiger partial charge is 0.148 e. The van der Waals surface area contributed by atoms with E-state index in [1.165, 1.54) is 11.5 Å². The number of hydrogen-bond donors (Lipinski definition) is 1. The Morgan fingerprint density at radius 3 is 2.82 bits per heavy atom. The standard InChI is InChI=1S/C12H18N2O2S/c1-12(2,3)11-10(17-14-13-11)9(15)8-6-4-5-7-16-8/h6,9,15H,4-5,7H2,1-3H3. The highest BCUT2D eigenvalue weighted by Gasteiger charge is 2.29. The van der Waals surface area contributed by atoms with Crippen LogP contribution in [0.2, 0.25) is 0 Å². The normalized spacial score (nSPS) is 18.5. The van der Waals surface area contributed by atoms with Crippen molar-refractivity contribution < 1.29 is 9.84 Å². The van der Waals surface area contributed by atoms with Gasteiger partial charge in [-0.2, -0.15) is 0 Å². The summed E-state index contributed by atoms with van der Waals surface area (Å²) in [6.45, 7) is 6.88. The lowest BCUT2D eigenvalue weighted by Crippen LogP contribution is -2.17. The first-order chi connectivity index (χ1) is 8.00. The zero-order valence-electron chi connectivity index (χ0n) is 10.4. The van der Waals surface area contributed by atoms with Crippen LogP contribution in [0, 0.1) is 0 Å². The Hall–Kier alpha value is -0.940. The van der Waals surface area contributed by atoms with Gasteiger partial charge in [0.1, 0.15) is 11.9 Å². The summed E-state index contributed by atoms with van der Waals surface area (Å²) >= 11 is 1.25. The third-order valence-corrected chi connectivity index (χ3v) is 3.48. The molecule has 1 aromatic rings. The molecule has 0 fully saturated rings. The Morgan fingerprint density at radius 1 is 1.47 bits per heavy atom. The first-order valence-corrected chi connectivity index (χ1v) is 6.61. The summed E-state index contributed by atoms with van der Waals surface area (Å²) in [5.74, 6) is 0.646. The highest BCUT2D eigenvalue weighted by molar-refractivity contribution is 7.05. The van der Waals surface area contributed by atoms with Gasteiger partial charge in [-0.1, -0.05) is 25.3 Å². The number of aliphatic hydroxyl groups excluding tert-OH is 1. The summed E-state index contributed by atoms with van der Waals surface area (Å²) in [5, 5.41) is 14.4. The minimum atomic E-state index is -0.718. The van der Waals surface area contributed by atoms with Crippen molar-refractivity contribution in [2.24, 2.45) is 0 Å². The van der Waals surface area contributed by atoms with Crippen LogP contribution in [-0.4, -0.2) is 21.3 Å². The fourth-order valence-corrected chi connectivity index (χ4v) is 2.65. The van der Waals surface area contributed by atoms with Crippen LogP contribution in [0.4, 0.5) is 0 Å². The quantitative estimate of drug-likeness (QED) is 0.881. The van der Waals surface area contributed by atoms with Crippen LogP contribution in [0.1, 0.15) is 50.3 Å². The average Bonchev–Trinajstić information content (AvgIpc) is 2.78. The van der Waals surface area contributed by atoms with E-state index in [4.69, 9.17) is 4.74 Å². The molecule has 0 aromatic carbocycles. The second-order valence-corrected chi connectivity index (χ2v) is 6.02. The molecule has 4 nitrogen and oxygen atoms in total. The van der Waals surface area contributed by atoms with E-state index in [-0.39, 0.29) is 5.41 Å². The van der Waals surface area contributed by atoms with Crippen molar-refractivity contribution in [3.63, 3.8) is 0 Å². The van der Waals surface area contributed by atoms with Crippen molar-refractivity contribution in [1.82, 2.24) is 9.59 Å². The van der Waals surface area contributed by atoms with E-state index in [9.17, 15) is 5.11 Å². The molecule has 0 saturated heterocycles. The fraction of sp³-hybridized carbons (Fsp3) is 0.667. The van der Waals surface area contributed by atoms with Crippen molar-refractivity contribution in [2.75, 3.05) is 6.61 Å². The van der Waals surface area contributed by atoms with Gasteiger partial charge >= 0.3 is 0 Å². The summed E-state index contributed by atoms with van der Waals surface area (Å²) in [6, 6.07) is 0. The van der Waals surface area contributed by atoms with Gasteiger partial charge in [-0.15, -0.1) is 5.10 Å². The average molecular weight is 254 g/mol. The summed E-state index contributed by atoms with van der Waals surface area (Å²) in [5.41, 5.74) is 0.739. The zero-order valence-corrected chi connectivity index (χ0v) is 11.3. The van der Waals surface area contributed by atoms with Gasteiger partial charge in [0, 0.05) is 5.41 Å². The minimum Gasteiger partial charge on any atom is -0.495 e. The molecule has 1 atom stereocenters. The number of allylic oxidation sites excluding steroid dienone is 1. The molecule has 1 N–H and O–H groups in total. The van der Waals surface area contributed by atoms with Gasteiger partial charge < -0.3 is 9.84 Å². The number of aliphatic hydroxyl groups is 1. The maximum absolute atomic E-state index is 10.3. The second kappa shape index (κ2) is 4.74. The predicted molar refractivity (Wildman–Crippen MR) is 66.8 cm³/mol. The molecule has 0 radical (unpaired) electrons. The molecule has 5 heteroatoms. The van der Waals surface area contributed by atoms with Gasteiger partial charge in [0.15, 0.2) is 0 Å². The molecule has 17 heavy (non-hydrogen) atoms. The number of ether oxygens (including phenoxy) is 1. The van der Waals surface area contributed by atoms with Gasteiger partial charge in [-0.3, -0.25) is 0 Å². The first-order valence-electron chi connectivity index (χ1n) is 5.84. The lowest BCUT2D eigenvalue weighted by molar-refractivity contribution is 0.0926. The molecule has 1 aliphatic rings. The van der Waals surface area contributed by atoms with Crippen molar-refractivity contribution in [2.45, 2.75) is 45.1 Å². The maximum atomic E-state index is 10.3. The molecule has 0 amide bonds. The SMILES string of the molecule is CC(C)(C)c1nnsc1C(O)C1=CCCCO1. The molecule has 94 valence electrons. The van der Waals surface area contributed by atoms with Gasteiger partial charge in [-0.25, -0.2) is 0 Å². The molecule has 0 aliphatic carbocycles. The van der Waals surface area contributed by atoms with Crippen LogP contribution in [0.15, 0.2) is 11.8 Å². The molecule has 2 heterocycles. The van der Waals surface area contributed by atoms with Crippen molar-refractivity contribution in [3.05, 3.63) is 22.4 Å². The molecule has 0 saturated carbocycles. The maximum Gasteiger partial charge on any atom is 0.148 e. The number of aromatic nitrogens is 2. The highest BCUT2D eigenvalue weighted by Crippen LogP contribution is 2.34. The number of nitrogens with zero attached hydrogens (tertiary/aromatic N) is 2. The van der Waals surface area contributed by atoms with Crippen molar-refractivity contribution >= 4 is 11.5 Å². The molecule has 0 bridgehead atoms. The monoisotopic (exact) mass is 254 g/mol. The van der Waals surface area contributed by atoms with Gasteiger partial charge in [0.05, 0.1) is 17.2 Å². The van der Waals surface area contributed by atoms with Crippen LogP contribution < -0.4 is 0 Å². The second-order valence-electron chi connectivity index (χ2n) is 5.24.